The molecule has 2 atom stereocenters. The van der Waals surface area contributed by atoms with Gasteiger partial charge in [0, 0.05) is 30.0 Å². The molecule has 0 saturated carbocycles. The van der Waals surface area contributed by atoms with Gasteiger partial charge in [-0.05, 0) is 26.8 Å². The van der Waals surface area contributed by atoms with E-state index in [2.05, 4.69) is 20.4 Å². The fourth-order valence-electron chi connectivity index (χ4n) is 4.01. The lowest BCUT2D eigenvalue weighted by Gasteiger charge is -2.23. The second-order valence-corrected chi connectivity index (χ2v) is 7.71. The Hall–Kier alpha value is -2.94. The Balaban J connectivity index is 1.91. The van der Waals surface area contributed by atoms with Crippen molar-refractivity contribution in [2.75, 3.05) is 18.9 Å². The van der Waals surface area contributed by atoms with Crippen molar-refractivity contribution < 1.29 is 13.9 Å². The number of aromatic nitrogens is 4. The van der Waals surface area contributed by atoms with Gasteiger partial charge in [-0.3, -0.25) is 4.79 Å². The molecule has 1 fully saturated rings. The molecule has 1 aliphatic rings. The first-order valence-electron chi connectivity index (χ1n) is 9.70. The minimum Gasteiger partial charge on any atom is -0.493 e. The van der Waals surface area contributed by atoms with Crippen molar-refractivity contribution in [2.24, 2.45) is 0 Å². The van der Waals surface area contributed by atoms with Crippen molar-refractivity contribution in [3.8, 4) is 5.75 Å². The summed E-state index contributed by atoms with van der Waals surface area (Å²) in [7, 11) is 0. The van der Waals surface area contributed by atoms with Crippen LogP contribution in [0.25, 0.3) is 11.0 Å². The SMILES string of the molecule is CCOc1c(C(C)n2nc(C)c3c(N)ncnc32)cc(Cl)c(F)c1[C@@H]1CNC(=O)C1. The number of carbonyl (C=O) groups is 1. The van der Waals surface area contributed by atoms with Crippen LogP contribution in [-0.2, 0) is 4.79 Å². The largest absolute Gasteiger partial charge is 0.493 e. The van der Waals surface area contributed by atoms with Crippen LogP contribution in [0.1, 0.15) is 49.0 Å². The Morgan fingerprint density at radius 3 is 2.90 bits per heavy atom. The number of nitrogens with one attached hydrogen (secondary N) is 1. The van der Waals surface area contributed by atoms with E-state index in [0.29, 0.717) is 52.6 Å². The first kappa shape index (κ1) is 20.3. The molecular formula is C20H22ClFN6O2. The highest BCUT2D eigenvalue weighted by Gasteiger charge is 2.33. The summed E-state index contributed by atoms with van der Waals surface area (Å²) in [4.78, 5) is 20.1. The molecule has 0 spiro atoms. The molecule has 2 aromatic heterocycles. The zero-order valence-electron chi connectivity index (χ0n) is 16.9. The summed E-state index contributed by atoms with van der Waals surface area (Å²) in [5.41, 5.74) is 8.23. The summed E-state index contributed by atoms with van der Waals surface area (Å²) in [5.74, 6) is -0.327. The number of anilines is 1. The van der Waals surface area contributed by atoms with Gasteiger partial charge in [0.2, 0.25) is 5.91 Å². The number of fused-ring (bicyclic) bond motifs is 1. The molecule has 1 amide bonds. The minimum atomic E-state index is -0.564. The van der Waals surface area contributed by atoms with Gasteiger partial charge in [0.05, 0.1) is 28.8 Å². The van der Waals surface area contributed by atoms with Gasteiger partial charge >= 0.3 is 0 Å². The highest BCUT2D eigenvalue weighted by molar-refractivity contribution is 6.31. The quantitative estimate of drug-likeness (QED) is 0.641. The maximum atomic E-state index is 15.1. The minimum absolute atomic E-state index is 0.0306. The number of nitrogens with two attached hydrogens (primary N) is 1. The van der Waals surface area contributed by atoms with E-state index in [0.717, 1.165) is 0 Å². The Morgan fingerprint density at radius 2 is 2.23 bits per heavy atom. The van der Waals surface area contributed by atoms with E-state index in [4.69, 9.17) is 22.1 Å². The predicted octanol–water partition coefficient (Wildman–Crippen LogP) is 3.12. The predicted molar refractivity (Wildman–Crippen MR) is 111 cm³/mol. The van der Waals surface area contributed by atoms with E-state index < -0.39 is 5.82 Å². The standard InChI is InChI=1S/C20H22ClFN6O2/c1-4-30-18-12(6-13(21)17(22)16(18)11-5-14(29)24-7-11)10(3)28-20-15(9(2)27-28)19(23)25-8-26-20/h6,8,10-11H,4-5,7H2,1-3H3,(H,24,29)(H2,23,25,26)/t10?,11-/m0/s1. The molecule has 3 N–H and O–H groups in total. The average Bonchev–Trinajstić information content (AvgIpc) is 3.28. The second kappa shape index (κ2) is 7.71. The first-order valence-corrected chi connectivity index (χ1v) is 10.1. The lowest BCUT2D eigenvalue weighted by Crippen LogP contribution is -2.16. The third kappa shape index (κ3) is 3.23. The van der Waals surface area contributed by atoms with E-state index in [1.807, 2.05) is 20.8 Å². The Kier molecular flexibility index (Phi) is 5.23. The van der Waals surface area contributed by atoms with E-state index >= 15 is 4.39 Å². The van der Waals surface area contributed by atoms with Gasteiger partial charge in [0.1, 0.15) is 23.7 Å². The van der Waals surface area contributed by atoms with Crippen molar-refractivity contribution in [3.63, 3.8) is 0 Å². The van der Waals surface area contributed by atoms with Gasteiger partial charge in [0.25, 0.3) is 0 Å². The fraction of sp³-hybridized carbons (Fsp3) is 0.400. The number of rotatable bonds is 5. The van der Waals surface area contributed by atoms with Crippen molar-refractivity contribution in [3.05, 3.63) is 40.1 Å². The zero-order chi connectivity index (χ0) is 21.6. The topological polar surface area (TPSA) is 108 Å². The Morgan fingerprint density at radius 1 is 1.47 bits per heavy atom. The molecule has 0 radical (unpaired) electrons. The molecule has 10 heteroatoms. The monoisotopic (exact) mass is 432 g/mol. The van der Waals surface area contributed by atoms with Gasteiger partial charge < -0.3 is 15.8 Å². The van der Waals surface area contributed by atoms with Crippen LogP contribution in [0.2, 0.25) is 5.02 Å². The van der Waals surface area contributed by atoms with E-state index in [1.165, 1.54) is 6.33 Å². The molecule has 1 saturated heterocycles. The highest BCUT2D eigenvalue weighted by Crippen LogP contribution is 2.43. The molecule has 4 rings (SSSR count). The molecule has 3 heterocycles. The second-order valence-electron chi connectivity index (χ2n) is 7.31. The van der Waals surface area contributed by atoms with Crippen LogP contribution >= 0.6 is 11.6 Å². The molecule has 1 aromatic carbocycles. The van der Waals surface area contributed by atoms with E-state index in [9.17, 15) is 4.79 Å². The number of hydrogen-bond acceptors (Lipinski definition) is 6. The maximum absolute atomic E-state index is 15.1. The summed E-state index contributed by atoms with van der Waals surface area (Å²) < 4.78 is 22.7. The summed E-state index contributed by atoms with van der Waals surface area (Å²) in [6.45, 7) is 6.21. The summed E-state index contributed by atoms with van der Waals surface area (Å²) in [6.07, 6.45) is 1.56. The lowest BCUT2D eigenvalue weighted by atomic mass is 9.92. The normalized spacial score (nSPS) is 17.4. The third-order valence-electron chi connectivity index (χ3n) is 5.42. The number of ether oxygens (including phenoxy) is 1. The number of aryl methyl sites for hydroxylation is 1. The van der Waals surface area contributed by atoms with Gasteiger partial charge in [0.15, 0.2) is 5.65 Å². The number of nitrogen functional groups attached to an aromatic ring is 1. The molecule has 3 aromatic rings. The molecule has 1 aliphatic heterocycles. The molecule has 30 heavy (non-hydrogen) atoms. The number of nitrogens with zero attached hydrogens (tertiary/aromatic N) is 4. The molecule has 1 unspecified atom stereocenters. The van der Waals surface area contributed by atoms with Crippen LogP contribution in [0.15, 0.2) is 12.4 Å². The number of halogens is 2. The number of amides is 1. The third-order valence-corrected chi connectivity index (χ3v) is 5.69. The molecule has 0 aliphatic carbocycles. The molecule has 0 bridgehead atoms. The van der Waals surface area contributed by atoms with E-state index in [1.54, 1.807) is 10.7 Å². The van der Waals surface area contributed by atoms with Crippen LogP contribution in [0.4, 0.5) is 10.2 Å². The molecular weight excluding hydrogens is 411 g/mol. The summed E-state index contributed by atoms with van der Waals surface area (Å²) >= 11 is 6.27. The first-order chi connectivity index (χ1) is 14.3. The van der Waals surface area contributed by atoms with Gasteiger partial charge in [-0.2, -0.15) is 5.10 Å². The van der Waals surface area contributed by atoms with Crippen LogP contribution in [-0.4, -0.2) is 38.8 Å². The van der Waals surface area contributed by atoms with Crippen LogP contribution in [0.3, 0.4) is 0 Å². The number of carbonyl (C=O) groups excluding carboxylic acids is 1. The zero-order valence-corrected chi connectivity index (χ0v) is 17.6. The number of benzene rings is 1. The summed E-state index contributed by atoms with van der Waals surface area (Å²) in [6, 6.07) is 1.16. The Labute approximate surface area is 177 Å². The van der Waals surface area contributed by atoms with Crippen molar-refractivity contribution in [1.82, 2.24) is 25.1 Å². The average molecular weight is 433 g/mol. The van der Waals surface area contributed by atoms with Gasteiger partial charge in [-0.25, -0.2) is 19.0 Å². The molecule has 8 nitrogen and oxygen atoms in total. The van der Waals surface area contributed by atoms with Gasteiger partial charge in [-0.1, -0.05) is 11.6 Å². The fourth-order valence-corrected chi connectivity index (χ4v) is 4.23. The van der Waals surface area contributed by atoms with Crippen LogP contribution in [0.5, 0.6) is 5.75 Å². The van der Waals surface area contributed by atoms with Gasteiger partial charge in [-0.15, -0.1) is 0 Å². The lowest BCUT2D eigenvalue weighted by molar-refractivity contribution is -0.119. The smallest absolute Gasteiger partial charge is 0.220 e. The van der Waals surface area contributed by atoms with Crippen LogP contribution in [0, 0.1) is 12.7 Å². The number of hydrogen-bond donors (Lipinski definition) is 2. The highest BCUT2D eigenvalue weighted by atomic mass is 35.5. The molecule has 158 valence electrons. The van der Waals surface area contributed by atoms with Crippen molar-refractivity contribution in [2.45, 2.75) is 39.2 Å². The Bertz CT molecular complexity index is 1150. The van der Waals surface area contributed by atoms with Crippen molar-refractivity contribution in [1.29, 1.82) is 0 Å². The summed E-state index contributed by atoms with van der Waals surface area (Å²) in [5, 5.41) is 7.98. The van der Waals surface area contributed by atoms with Crippen molar-refractivity contribution >= 4 is 34.4 Å². The maximum Gasteiger partial charge on any atom is 0.220 e. The van der Waals surface area contributed by atoms with Crippen LogP contribution < -0.4 is 15.8 Å². The van der Waals surface area contributed by atoms with E-state index in [-0.39, 0.29) is 29.3 Å².